The predicted molar refractivity (Wildman–Crippen MR) is 108 cm³/mol. The van der Waals surface area contributed by atoms with E-state index in [-0.39, 0.29) is 5.91 Å². The molecular weight excluding hydrogens is 356 g/mol. The van der Waals surface area contributed by atoms with Crippen molar-refractivity contribution in [2.45, 2.75) is 56.1 Å². The van der Waals surface area contributed by atoms with Crippen LogP contribution in [0.4, 0.5) is 0 Å². The number of likely N-dealkylation sites (tertiary alicyclic amines) is 1. The van der Waals surface area contributed by atoms with Gasteiger partial charge in [0.25, 0.3) is 0 Å². The molecular formula is C21H28N4OS. The van der Waals surface area contributed by atoms with Gasteiger partial charge in [-0.1, -0.05) is 54.9 Å². The standard InChI is InChI=1S/C21H28N4OS/c1-24-19(14-16-8-3-2-4-9-16)22-23-21(24)27-15-20(26)25-13-7-11-17-10-5-6-12-18(17)25/h2-4,8-9,17-18H,5-7,10-15H2,1H3. The number of benzene rings is 1. The van der Waals surface area contributed by atoms with Crippen molar-refractivity contribution in [3.63, 3.8) is 0 Å². The highest BCUT2D eigenvalue weighted by Gasteiger charge is 2.35. The molecule has 2 aliphatic rings. The van der Waals surface area contributed by atoms with E-state index in [0.29, 0.717) is 11.8 Å². The molecule has 1 aromatic carbocycles. The van der Waals surface area contributed by atoms with Crippen molar-refractivity contribution >= 4 is 17.7 Å². The Labute approximate surface area is 165 Å². The van der Waals surface area contributed by atoms with Crippen LogP contribution in [-0.4, -0.2) is 43.9 Å². The Morgan fingerprint density at radius 3 is 2.74 bits per heavy atom. The van der Waals surface area contributed by atoms with Crippen LogP contribution in [0.5, 0.6) is 0 Å². The Hall–Kier alpha value is -1.82. The topological polar surface area (TPSA) is 51.0 Å². The van der Waals surface area contributed by atoms with Gasteiger partial charge in [0.2, 0.25) is 5.91 Å². The highest BCUT2D eigenvalue weighted by molar-refractivity contribution is 7.99. The van der Waals surface area contributed by atoms with E-state index in [1.54, 1.807) is 0 Å². The van der Waals surface area contributed by atoms with Gasteiger partial charge in [-0.3, -0.25) is 4.79 Å². The van der Waals surface area contributed by atoms with E-state index >= 15 is 0 Å². The van der Waals surface area contributed by atoms with Crippen LogP contribution < -0.4 is 0 Å². The first-order valence-corrected chi connectivity index (χ1v) is 11.1. The summed E-state index contributed by atoms with van der Waals surface area (Å²) in [5, 5.41) is 9.48. The summed E-state index contributed by atoms with van der Waals surface area (Å²) in [6.45, 7) is 0.929. The molecule has 1 saturated heterocycles. The lowest BCUT2D eigenvalue weighted by atomic mass is 9.78. The number of carbonyl (C=O) groups excluding carboxylic acids is 1. The minimum Gasteiger partial charge on any atom is -0.339 e. The fourth-order valence-corrected chi connectivity index (χ4v) is 5.36. The lowest BCUT2D eigenvalue weighted by molar-refractivity contribution is -0.134. The van der Waals surface area contributed by atoms with Gasteiger partial charge in [-0.15, -0.1) is 10.2 Å². The first-order valence-electron chi connectivity index (χ1n) is 10.1. The Morgan fingerprint density at radius 2 is 1.89 bits per heavy atom. The number of aromatic nitrogens is 3. The number of carbonyl (C=O) groups is 1. The van der Waals surface area contributed by atoms with E-state index < -0.39 is 0 Å². The van der Waals surface area contributed by atoms with Crippen LogP contribution in [0.1, 0.15) is 49.9 Å². The number of nitrogens with zero attached hydrogens (tertiary/aromatic N) is 4. The number of rotatable bonds is 5. The maximum atomic E-state index is 12.9. The van der Waals surface area contributed by atoms with Crippen LogP contribution in [0.15, 0.2) is 35.5 Å². The predicted octanol–water partition coefficient (Wildman–Crippen LogP) is 3.68. The average molecular weight is 385 g/mol. The molecule has 2 aromatic rings. The minimum absolute atomic E-state index is 0.268. The second-order valence-corrected chi connectivity index (χ2v) is 8.69. The van der Waals surface area contributed by atoms with Crippen molar-refractivity contribution in [2.24, 2.45) is 13.0 Å². The van der Waals surface area contributed by atoms with Gasteiger partial charge in [-0.05, 0) is 37.2 Å². The molecule has 1 amide bonds. The van der Waals surface area contributed by atoms with Crippen LogP contribution in [0.2, 0.25) is 0 Å². The van der Waals surface area contributed by atoms with Crippen LogP contribution in [0.25, 0.3) is 0 Å². The van der Waals surface area contributed by atoms with Gasteiger partial charge in [0, 0.05) is 26.1 Å². The Morgan fingerprint density at radius 1 is 1.11 bits per heavy atom. The lowest BCUT2D eigenvalue weighted by Gasteiger charge is -2.44. The number of amides is 1. The van der Waals surface area contributed by atoms with Crippen molar-refractivity contribution in [1.29, 1.82) is 0 Å². The van der Waals surface area contributed by atoms with Crippen LogP contribution >= 0.6 is 11.8 Å². The van der Waals surface area contributed by atoms with Crippen molar-refractivity contribution in [3.05, 3.63) is 41.7 Å². The first kappa shape index (κ1) is 18.5. The summed E-state index contributed by atoms with van der Waals surface area (Å²) < 4.78 is 2.02. The molecule has 2 atom stereocenters. The maximum absolute atomic E-state index is 12.9. The molecule has 2 unspecified atom stereocenters. The summed E-state index contributed by atoms with van der Waals surface area (Å²) >= 11 is 1.52. The molecule has 4 rings (SSSR count). The SMILES string of the molecule is Cn1c(Cc2ccccc2)nnc1SCC(=O)N1CCCC2CCCCC21. The van der Waals surface area contributed by atoms with Crippen molar-refractivity contribution in [3.8, 4) is 0 Å². The zero-order valence-corrected chi connectivity index (χ0v) is 16.8. The molecule has 0 spiro atoms. The molecule has 27 heavy (non-hydrogen) atoms. The number of hydrogen-bond acceptors (Lipinski definition) is 4. The van der Waals surface area contributed by atoms with E-state index in [0.717, 1.165) is 36.3 Å². The van der Waals surface area contributed by atoms with Crippen LogP contribution in [-0.2, 0) is 18.3 Å². The van der Waals surface area contributed by atoms with Crippen molar-refractivity contribution < 1.29 is 4.79 Å². The molecule has 1 aliphatic heterocycles. The number of thioether (sulfide) groups is 1. The Bertz CT molecular complexity index is 774. The van der Waals surface area contributed by atoms with E-state index in [9.17, 15) is 4.79 Å². The minimum atomic E-state index is 0.268. The Kier molecular flexibility index (Phi) is 5.81. The molecule has 2 heterocycles. The van der Waals surface area contributed by atoms with Gasteiger partial charge >= 0.3 is 0 Å². The van der Waals surface area contributed by atoms with Crippen molar-refractivity contribution in [1.82, 2.24) is 19.7 Å². The molecule has 144 valence electrons. The molecule has 0 N–H and O–H groups in total. The molecule has 2 fully saturated rings. The van der Waals surface area contributed by atoms with Crippen LogP contribution in [0.3, 0.4) is 0 Å². The monoisotopic (exact) mass is 384 g/mol. The third kappa shape index (κ3) is 4.21. The largest absolute Gasteiger partial charge is 0.339 e. The second kappa shape index (κ2) is 8.46. The Balaban J connectivity index is 1.36. The fraction of sp³-hybridized carbons (Fsp3) is 0.571. The van der Waals surface area contributed by atoms with Gasteiger partial charge in [-0.2, -0.15) is 0 Å². The molecule has 1 saturated carbocycles. The van der Waals surface area contributed by atoms with Gasteiger partial charge in [0.1, 0.15) is 5.82 Å². The zero-order valence-electron chi connectivity index (χ0n) is 16.0. The average Bonchev–Trinajstić information content (AvgIpc) is 3.06. The molecule has 1 aliphatic carbocycles. The number of hydrogen-bond donors (Lipinski definition) is 0. The quantitative estimate of drug-likeness (QED) is 0.738. The smallest absolute Gasteiger partial charge is 0.233 e. The first-order chi connectivity index (χ1) is 13.2. The fourth-order valence-electron chi connectivity index (χ4n) is 4.55. The number of piperidine rings is 1. The van der Waals surface area contributed by atoms with Gasteiger partial charge < -0.3 is 9.47 Å². The van der Waals surface area contributed by atoms with Gasteiger partial charge in [-0.25, -0.2) is 0 Å². The van der Waals surface area contributed by atoms with Gasteiger partial charge in [0.05, 0.1) is 5.75 Å². The summed E-state index contributed by atoms with van der Waals surface area (Å²) in [7, 11) is 1.99. The number of fused-ring (bicyclic) bond motifs is 1. The van der Waals surface area contributed by atoms with E-state index in [4.69, 9.17) is 0 Å². The highest BCUT2D eigenvalue weighted by atomic mass is 32.2. The van der Waals surface area contributed by atoms with E-state index in [1.165, 1.54) is 49.4 Å². The zero-order chi connectivity index (χ0) is 18.6. The normalized spacial score (nSPS) is 22.5. The molecule has 0 radical (unpaired) electrons. The summed E-state index contributed by atoms with van der Waals surface area (Å²) in [5.74, 6) is 2.39. The van der Waals surface area contributed by atoms with E-state index in [2.05, 4.69) is 27.2 Å². The summed E-state index contributed by atoms with van der Waals surface area (Å²) in [6.07, 6.45) is 8.30. The second-order valence-electron chi connectivity index (χ2n) is 7.75. The van der Waals surface area contributed by atoms with Crippen LogP contribution in [0, 0.1) is 5.92 Å². The highest BCUT2D eigenvalue weighted by Crippen LogP contribution is 2.35. The third-order valence-electron chi connectivity index (χ3n) is 6.02. The van der Waals surface area contributed by atoms with E-state index in [1.807, 2.05) is 29.8 Å². The maximum Gasteiger partial charge on any atom is 0.233 e. The third-order valence-corrected chi connectivity index (χ3v) is 7.02. The van der Waals surface area contributed by atoms with Crippen molar-refractivity contribution in [2.75, 3.05) is 12.3 Å². The summed E-state index contributed by atoms with van der Waals surface area (Å²) in [5.41, 5.74) is 1.22. The molecule has 5 nitrogen and oxygen atoms in total. The molecule has 1 aromatic heterocycles. The molecule has 0 bridgehead atoms. The summed E-state index contributed by atoms with van der Waals surface area (Å²) in [6, 6.07) is 10.8. The summed E-state index contributed by atoms with van der Waals surface area (Å²) in [4.78, 5) is 15.1. The molecule has 6 heteroatoms. The van der Waals surface area contributed by atoms with Gasteiger partial charge in [0.15, 0.2) is 5.16 Å². The lowest BCUT2D eigenvalue weighted by Crippen LogP contribution is -2.50.